The predicted octanol–water partition coefficient (Wildman–Crippen LogP) is 2.56. The van der Waals surface area contributed by atoms with Gasteiger partial charge in [0.2, 0.25) is 5.91 Å². The fraction of sp³-hybridized carbons (Fsp3) is 0.579. The minimum absolute atomic E-state index is 0. The molecule has 2 rings (SSSR count). The number of aryl methyl sites for hydroxylation is 1. The molecule has 1 aromatic rings. The van der Waals surface area contributed by atoms with Crippen LogP contribution in [0.5, 0.6) is 5.75 Å². The van der Waals surface area contributed by atoms with E-state index in [9.17, 15) is 4.79 Å². The third kappa shape index (κ3) is 7.39. The molecule has 1 amide bonds. The van der Waals surface area contributed by atoms with Crippen LogP contribution in [0.4, 0.5) is 0 Å². The second-order valence-corrected chi connectivity index (χ2v) is 6.36. The van der Waals surface area contributed by atoms with E-state index in [0.717, 1.165) is 43.8 Å². The van der Waals surface area contributed by atoms with Gasteiger partial charge in [0.1, 0.15) is 18.4 Å². The lowest BCUT2D eigenvalue weighted by atomic mass is 10.2. The van der Waals surface area contributed by atoms with Crippen LogP contribution in [-0.4, -0.2) is 55.6 Å². The highest BCUT2D eigenvalue weighted by Gasteiger charge is 2.17. The fourth-order valence-electron chi connectivity index (χ4n) is 2.74. The molecule has 26 heavy (non-hydrogen) atoms. The number of aliphatic imine (C=N–C) groups is 1. The Kier molecular flexibility index (Phi) is 10.4. The number of carbonyl (C=O) groups excluding carboxylic acids is 1. The molecule has 7 heteroatoms. The first kappa shape index (κ1) is 22.5. The summed E-state index contributed by atoms with van der Waals surface area (Å²) in [5.41, 5.74) is 1.12. The molecule has 1 saturated heterocycles. The summed E-state index contributed by atoms with van der Waals surface area (Å²) in [6, 6.07) is 7.97. The number of hydrogen-bond donors (Lipinski definition) is 2. The molecule has 0 aromatic heterocycles. The Bertz CT molecular complexity index is 589. The predicted molar refractivity (Wildman–Crippen MR) is 116 cm³/mol. The van der Waals surface area contributed by atoms with Crippen molar-refractivity contribution in [2.75, 3.05) is 32.7 Å². The number of amides is 1. The standard InChI is InChI=1S/C19H30N4O2.HI/c1-4-20-19(22-14-18(24)23-11-7-8-12-23)21-13-16(3)25-17-10-6-5-9-15(17)2;/h5-6,9-10,16H,4,7-8,11-14H2,1-3H3,(H2,20,21,22);1H. The Balaban J connectivity index is 0.00000338. The monoisotopic (exact) mass is 474 g/mol. The van der Waals surface area contributed by atoms with Gasteiger partial charge in [-0.3, -0.25) is 4.79 Å². The fourth-order valence-corrected chi connectivity index (χ4v) is 2.74. The molecule has 0 saturated carbocycles. The number of carbonyl (C=O) groups is 1. The first-order valence-corrected chi connectivity index (χ1v) is 9.12. The largest absolute Gasteiger partial charge is 0.489 e. The van der Waals surface area contributed by atoms with Crippen molar-refractivity contribution < 1.29 is 9.53 Å². The molecule has 1 unspecified atom stereocenters. The van der Waals surface area contributed by atoms with E-state index in [1.807, 2.05) is 49.9 Å². The Morgan fingerprint density at radius 2 is 1.96 bits per heavy atom. The van der Waals surface area contributed by atoms with Gasteiger partial charge in [-0.25, -0.2) is 4.99 Å². The zero-order valence-electron chi connectivity index (χ0n) is 16.0. The third-order valence-corrected chi connectivity index (χ3v) is 4.15. The molecule has 146 valence electrons. The van der Waals surface area contributed by atoms with E-state index >= 15 is 0 Å². The van der Waals surface area contributed by atoms with Crippen molar-refractivity contribution in [3.05, 3.63) is 29.8 Å². The topological polar surface area (TPSA) is 66.0 Å². The Morgan fingerprint density at radius 1 is 1.27 bits per heavy atom. The number of nitrogens with one attached hydrogen (secondary N) is 2. The SMILES string of the molecule is CCNC(=NCC(=O)N1CCCC1)NCC(C)Oc1ccccc1C.I. The molecular weight excluding hydrogens is 443 g/mol. The highest BCUT2D eigenvalue weighted by atomic mass is 127. The van der Waals surface area contributed by atoms with Crippen LogP contribution in [0.2, 0.25) is 0 Å². The molecular formula is C19H31IN4O2. The molecule has 0 aliphatic carbocycles. The van der Waals surface area contributed by atoms with Gasteiger partial charge in [0.15, 0.2) is 5.96 Å². The maximum atomic E-state index is 12.1. The second-order valence-electron chi connectivity index (χ2n) is 6.36. The summed E-state index contributed by atoms with van der Waals surface area (Å²) < 4.78 is 5.96. The van der Waals surface area contributed by atoms with E-state index in [1.165, 1.54) is 0 Å². The van der Waals surface area contributed by atoms with Crippen LogP contribution in [0.3, 0.4) is 0 Å². The van der Waals surface area contributed by atoms with E-state index in [2.05, 4.69) is 15.6 Å². The summed E-state index contributed by atoms with van der Waals surface area (Å²) in [6.45, 7) is 9.31. The van der Waals surface area contributed by atoms with Crippen molar-refractivity contribution in [3.63, 3.8) is 0 Å². The molecule has 1 fully saturated rings. The number of ether oxygens (including phenoxy) is 1. The minimum Gasteiger partial charge on any atom is -0.489 e. The quantitative estimate of drug-likeness (QED) is 0.362. The second kappa shape index (κ2) is 12.0. The molecule has 2 N–H and O–H groups in total. The highest BCUT2D eigenvalue weighted by molar-refractivity contribution is 14.0. The van der Waals surface area contributed by atoms with E-state index in [0.29, 0.717) is 12.5 Å². The molecule has 1 aliphatic rings. The van der Waals surface area contributed by atoms with Crippen LogP contribution in [0.25, 0.3) is 0 Å². The number of nitrogens with zero attached hydrogens (tertiary/aromatic N) is 2. The van der Waals surface area contributed by atoms with Crippen molar-refractivity contribution in [3.8, 4) is 5.75 Å². The minimum atomic E-state index is -0.0146. The van der Waals surface area contributed by atoms with E-state index in [-0.39, 0.29) is 42.5 Å². The summed E-state index contributed by atoms with van der Waals surface area (Å²) >= 11 is 0. The number of rotatable bonds is 7. The van der Waals surface area contributed by atoms with Crippen LogP contribution in [0, 0.1) is 6.92 Å². The number of hydrogen-bond acceptors (Lipinski definition) is 3. The smallest absolute Gasteiger partial charge is 0.244 e. The molecule has 1 heterocycles. The Labute approximate surface area is 173 Å². The van der Waals surface area contributed by atoms with Crippen molar-refractivity contribution in [1.82, 2.24) is 15.5 Å². The number of halogens is 1. The molecule has 1 aliphatic heterocycles. The van der Waals surface area contributed by atoms with Gasteiger partial charge in [-0.1, -0.05) is 18.2 Å². The average molecular weight is 474 g/mol. The Hall–Kier alpha value is -1.51. The first-order chi connectivity index (χ1) is 12.1. The summed E-state index contributed by atoms with van der Waals surface area (Å²) in [5.74, 6) is 1.64. The van der Waals surface area contributed by atoms with Gasteiger partial charge in [0, 0.05) is 19.6 Å². The number of benzene rings is 1. The van der Waals surface area contributed by atoms with Crippen molar-refractivity contribution >= 4 is 35.8 Å². The van der Waals surface area contributed by atoms with Gasteiger partial charge in [0.05, 0.1) is 6.54 Å². The zero-order valence-corrected chi connectivity index (χ0v) is 18.3. The normalized spacial score (nSPS) is 15.2. The molecule has 0 spiro atoms. The van der Waals surface area contributed by atoms with Gasteiger partial charge >= 0.3 is 0 Å². The van der Waals surface area contributed by atoms with Gasteiger partial charge in [0.25, 0.3) is 0 Å². The molecule has 6 nitrogen and oxygen atoms in total. The van der Waals surface area contributed by atoms with Crippen molar-refractivity contribution in [1.29, 1.82) is 0 Å². The lowest BCUT2D eigenvalue weighted by Gasteiger charge is -2.19. The van der Waals surface area contributed by atoms with Crippen LogP contribution in [0.1, 0.15) is 32.3 Å². The van der Waals surface area contributed by atoms with E-state index < -0.39 is 0 Å². The van der Waals surface area contributed by atoms with Gasteiger partial charge in [-0.15, -0.1) is 24.0 Å². The lowest BCUT2D eigenvalue weighted by Crippen LogP contribution is -2.42. The highest BCUT2D eigenvalue weighted by Crippen LogP contribution is 2.17. The zero-order chi connectivity index (χ0) is 18.1. The summed E-state index contributed by atoms with van der Waals surface area (Å²) in [4.78, 5) is 18.4. The van der Waals surface area contributed by atoms with Gasteiger partial charge in [-0.05, 0) is 45.2 Å². The molecule has 0 bridgehead atoms. The number of likely N-dealkylation sites (tertiary alicyclic amines) is 1. The van der Waals surface area contributed by atoms with Crippen LogP contribution >= 0.6 is 24.0 Å². The van der Waals surface area contributed by atoms with Gasteiger partial charge in [-0.2, -0.15) is 0 Å². The van der Waals surface area contributed by atoms with Gasteiger partial charge < -0.3 is 20.3 Å². The average Bonchev–Trinajstić information content (AvgIpc) is 3.14. The number of para-hydroxylation sites is 1. The first-order valence-electron chi connectivity index (χ1n) is 9.12. The lowest BCUT2D eigenvalue weighted by molar-refractivity contribution is -0.128. The molecule has 0 radical (unpaired) electrons. The number of guanidine groups is 1. The van der Waals surface area contributed by atoms with E-state index in [4.69, 9.17) is 4.74 Å². The maximum Gasteiger partial charge on any atom is 0.244 e. The summed E-state index contributed by atoms with van der Waals surface area (Å²) in [7, 11) is 0. The van der Waals surface area contributed by atoms with Crippen molar-refractivity contribution in [2.45, 2.75) is 39.7 Å². The van der Waals surface area contributed by atoms with Crippen LogP contribution in [0.15, 0.2) is 29.3 Å². The summed E-state index contributed by atoms with van der Waals surface area (Å²) in [6.07, 6.45) is 2.18. The van der Waals surface area contributed by atoms with Crippen LogP contribution < -0.4 is 15.4 Å². The third-order valence-electron chi connectivity index (χ3n) is 4.15. The van der Waals surface area contributed by atoms with Crippen molar-refractivity contribution in [2.24, 2.45) is 4.99 Å². The molecule has 1 aromatic carbocycles. The van der Waals surface area contributed by atoms with Crippen LogP contribution in [-0.2, 0) is 4.79 Å². The summed E-state index contributed by atoms with van der Waals surface area (Å²) in [5, 5.41) is 6.42. The maximum absolute atomic E-state index is 12.1. The molecule has 1 atom stereocenters. The van der Waals surface area contributed by atoms with E-state index in [1.54, 1.807) is 0 Å². The Morgan fingerprint density at radius 3 is 2.62 bits per heavy atom.